The molecule has 9 nitrogen and oxygen atoms in total. The average Bonchev–Trinajstić information content (AvgIpc) is 3.27. The van der Waals surface area contributed by atoms with Crippen LogP contribution < -0.4 is 10.6 Å². The Balaban J connectivity index is 1.28. The van der Waals surface area contributed by atoms with E-state index in [0.29, 0.717) is 30.3 Å². The quantitative estimate of drug-likeness (QED) is 0.369. The Morgan fingerprint density at radius 2 is 2.00 bits per heavy atom. The van der Waals surface area contributed by atoms with Crippen LogP contribution in [0.5, 0.6) is 0 Å². The minimum Gasteiger partial charge on any atom is -0.349 e. The first-order valence-electron chi connectivity index (χ1n) is 13.1. The molecule has 2 aliphatic carbocycles. The maximum atomic E-state index is 13.4. The number of amides is 1. The number of aromatic nitrogens is 5. The number of hydrogen-bond acceptors (Lipinski definition) is 6. The summed E-state index contributed by atoms with van der Waals surface area (Å²) >= 11 is 0. The summed E-state index contributed by atoms with van der Waals surface area (Å²) in [7, 11) is 3.95. The summed E-state index contributed by atoms with van der Waals surface area (Å²) in [6, 6.07) is 14.1. The van der Waals surface area contributed by atoms with E-state index < -0.39 is 0 Å². The van der Waals surface area contributed by atoms with Crippen molar-refractivity contribution in [1.29, 1.82) is 5.26 Å². The predicted octanol–water partition coefficient (Wildman–Crippen LogP) is 4.21. The Bertz CT molecular complexity index is 1560. The van der Waals surface area contributed by atoms with Gasteiger partial charge in [0.1, 0.15) is 17.8 Å². The number of rotatable bonds is 8. The first-order chi connectivity index (χ1) is 18.3. The van der Waals surface area contributed by atoms with E-state index in [1.165, 1.54) is 12.8 Å². The average molecular weight is 509 g/mol. The molecule has 38 heavy (non-hydrogen) atoms. The van der Waals surface area contributed by atoms with E-state index in [4.69, 9.17) is 0 Å². The molecule has 2 saturated carbocycles. The number of aryl methyl sites for hydroxylation is 2. The van der Waals surface area contributed by atoms with Gasteiger partial charge in [0.15, 0.2) is 0 Å². The fourth-order valence-corrected chi connectivity index (χ4v) is 5.87. The van der Waals surface area contributed by atoms with Crippen LogP contribution >= 0.6 is 0 Å². The van der Waals surface area contributed by atoms with Crippen LogP contribution in [0.2, 0.25) is 0 Å². The second-order valence-electron chi connectivity index (χ2n) is 11.3. The molecule has 0 saturated heterocycles. The second kappa shape index (κ2) is 9.07. The third kappa shape index (κ3) is 4.25. The molecule has 3 heterocycles. The van der Waals surface area contributed by atoms with Crippen molar-refractivity contribution in [2.75, 3.05) is 5.32 Å². The highest BCUT2D eigenvalue weighted by atomic mass is 16.1. The van der Waals surface area contributed by atoms with Crippen molar-refractivity contribution in [2.24, 2.45) is 20.0 Å². The molecule has 9 heteroatoms. The molecular formula is C29H32N8O. The zero-order valence-corrected chi connectivity index (χ0v) is 22.0. The molecule has 0 spiro atoms. The van der Waals surface area contributed by atoms with Gasteiger partial charge in [0.2, 0.25) is 0 Å². The van der Waals surface area contributed by atoms with E-state index in [-0.39, 0.29) is 16.9 Å². The summed E-state index contributed by atoms with van der Waals surface area (Å²) in [5.74, 6) is 0.963. The first kappa shape index (κ1) is 24.3. The van der Waals surface area contributed by atoms with Crippen LogP contribution in [0.3, 0.4) is 0 Å². The van der Waals surface area contributed by atoms with E-state index in [0.717, 1.165) is 40.8 Å². The highest BCUT2D eigenvalue weighted by Gasteiger charge is 2.49. The Hall–Kier alpha value is -4.03. The fraction of sp³-hybridized carbons (Fsp3) is 0.414. The summed E-state index contributed by atoms with van der Waals surface area (Å²) in [5, 5.41) is 24.4. The number of benzene rings is 1. The molecule has 3 aromatic heterocycles. The maximum absolute atomic E-state index is 13.4. The Labute approximate surface area is 221 Å². The number of nitriles is 1. The molecule has 0 radical (unpaired) electrons. The molecule has 4 aromatic rings. The van der Waals surface area contributed by atoms with Crippen LogP contribution in [0.1, 0.15) is 66.5 Å². The van der Waals surface area contributed by atoms with Crippen molar-refractivity contribution < 1.29 is 4.79 Å². The van der Waals surface area contributed by atoms with Gasteiger partial charge in [-0.3, -0.25) is 4.79 Å². The van der Waals surface area contributed by atoms with Gasteiger partial charge in [0.25, 0.3) is 5.91 Å². The zero-order chi connectivity index (χ0) is 26.5. The number of nitrogens with one attached hydrogen (secondary N) is 2. The summed E-state index contributed by atoms with van der Waals surface area (Å²) in [4.78, 5) is 18.1. The highest BCUT2D eigenvalue weighted by molar-refractivity contribution is 6.04. The molecule has 1 aromatic carbocycles. The van der Waals surface area contributed by atoms with Crippen LogP contribution in [0.15, 0.2) is 48.9 Å². The van der Waals surface area contributed by atoms with E-state index in [1.807, 2.05) is 55.2 Å². The van der Waals surface area contributed by atoms with Gasteiger partial charge in [0.05, 0.1) is 22.5 Å². The predicted molar refractivity (Wildman–Crippen MR) is 144 cm³/mol. The molecule has 0 bridgehead atoms. The van der Waals surface area contributed by atoms with Crippen LogP contribution in [-0.4, -0.2) is 35.8 Å². The lowest BCUT2D eigenvalue weighted by Crippen LogP contribution is -2.44. The van der Waals surface area contributed by atoms with E-state index in [2.05, 4.69) is 49.4 Å². The molecule has 2 fully saturated rings. The van der Waals surface area contributed by atoms with Gasteiger partial charge < -0.3 is 19.8 Å². The van der Waals surface area contributed by atoms with Crippen molar-refractivity contribution in [3.8, 4) is 6.07 Å². The van der Waals surface area contributed by atoms with E-state index in [1.54, 1.807) is 6.33 Å². The Morgan fingerprint density at radius 1 is 1.18 bits per heavy atom. The number of carbonyl (C=O) groups excluding carboxylic acids is 1. The molecule has 1 amide bonds. The summed E-state index contributed by atoms with van der Waals surface area (Å²) in [6.45, 7) is 2.92. The van der Waals surface area contributed by atoms with Gasteiger partial charge >= 0.3 is 0 Å². The first-order valence-corrected chi connectivity index (χ1v) is 13.1. The molecular weight excluding hydrogens is 476 g/mol. The number of pyridine rings is 1. The number of nitrogens with zero attached hydrogens (tertiary/aromatic N) is 6. The van der Waals surface area contributed by atoms with Crippen molar-refractivity contribution in [3.05, 3.63) is 71.6 Å². The third-order valence-electron chi connectivity index (χ3n) is 8.31. The van der Waals surface area contributed by atoms with Gasteiger partial charge in [-0.25, -0.2) is 4.98 Å². The standard InChI is InChI=1S/C29H32N8O/c1-28(9-10-28)31-17-20-13-24(34-23-8-12-36(2)25(20)23)26(38)33-22-6-4-5-21(14-22)29(15-19(16-29)7-11-30)27-35-32-18-37(27)3/h4-6,8,12-14,18-19,31H,7,9-10,15-17H2,1-3H3,(H,33,38). The van der Waals surface area contributed by atoms with Gasteiger partial charge in [0, 0.05) is 44.5 Å². The van der Waals surface area contributed by atoms with E-state index >= 15 is 0 Å². The number of carbonyl (C=O) groups is 1. The fourth-order valence-electron chi connectivity index (χ4n) is 5.87. The minimum absolute atomic E-state index is 0.191. The third-order valence-corrected chi connectivity index (χ3v) is 8.31. The largest absolute Gasteiger partial charge is 0.349 e. The van der Waals surface area contributed by atoms with Gasteiger partial charge in [-0.15, -0.1) is 10.2 Å². The lowest BCUT2D eigenvalue weighted by atomic mass is 9.57. The minimum atomic E-state index is -0.327. The van der Waals surface area contributed by atoms with Crippen molar-refractivity contribution in [1.82, 2.24) is 29.6 Å². The van der Waals surface area contributed by atoms with Crippen LogP contribution in [-0.2, 0) is 26.1 Å². The molecule has 0 aliphatic heterocycles. The van der Waals surface area contributed by atoms with Crippen molar-refractivity contribution in [2.45, 2.75) is 56.5 Å². The van der Waals surface area contributed by atoms with Crippen LogP contribution in [0.25, 0.3) is 11.0 Å². The monoisotopic (exact) mass is 508 g/mol. The van der Waals surface area contributed by atoms with E-state index in [9.17, 15) is 10.1 Å². The molecule has 2 aliphatic rings. The Kier molecular flexibility index (Phi) is 5.80. The zero-order valence-electron chi connectivity index (χ0n) is 22.0. The lowest BCUT2D eigenvalue weighted by molar-refractivity contribution is 0.102. The topological polar surface area (TPSA) is 113 Å². The van der Waals surface area contributed by atoms with Crippen LogP contribution in [0, 0.1) is 17.2 Å². The number of anilines is 1. The van der Waals surface area contributed by atoms with Gasteiger partial charge in [-0.05, 0) is 73.9 Å². The molecule has 2 N–H and O–H groups in total. The summed E-state index contributed by atoms with van der Waals surface area (Å²) < 4.78 is 4.01. The molecule has 0 unspecified atom stereocenters. The smallest absolute Gasteiger partial charge is 0.274 e. The maximum Gasteiger partial charge on any atom is 0.274 e. The van der Waals surface area contributed by atoms with Gasteiger partial charge in [-0.2, -0.15) is 5.26 Å². The molecule has 194 valence electrons. The SMILES string of the molecule is Cn1cnnc1C1(c2cccc(NC(=O)c3cc(CNC4(C)CC4)c4c(ccn4C)n3)c2)CC(CC#N)C1. The summed E-state index contributed by atoms with van der Waals surface area (Å²) in [6.07, 6.45) is 8.21. The molecule has 0 atom stereocenters. The Morgan fingerprint density at radius 3 is 2.71 bits per heavy atom. The molecule has 6 rings (SSSR count). The highest BCUT2D eigenvalue weighted by Crippen LogP contribution is 2.53. The number of hydrogen-bond donors (Lipinski definition) is 2. The number of fused-ring (bicyclic) bond motifs is 1. The summed E-state index contributed by atoms with van der Waals surface area (Å²) in [5.41, 5.74) is 4.95. The van der Waals surface area contributed by atoms with Crippen molar-refractivity contribution in [3.63, 3.8) is 0 Å². The lowest BCUT2D eigenvalue weighted by Gasteiger charge is -2.46. The van der Waals surface area contributed by atoms with Crippen LogP contribution in [0.4, 0.5) is 5.69 Å². The second-order valence-corrected chi connectivity index (χ2v) is 11.3. The normalized spacial score (nSPS) is 21.6. The van der Waals surface area contributed by atoms with Crippen molar-refractivity contribution >= 4 is 22.6 Å². The van der Waals surface area contributed by atoms with Gasteiger partial charge in [-0.1, -0.05) is 12.1 Å².